The lowest BCUT2D eigenvalue weighted by atomic mass is 9.93. The molecule has 8 nitrogen and oxygen atoms in total. The van der Waals surface area contributed by atoms with Crippen molar-refractivity contribution in [3.05, 3.63) is 102 Å². The molecule has 0 fully saturated rings. The highest BCUT2D eigenvalue weighted by atomic mass is 16.5. The van der Waals surface area contributed by atoms with Gasteiger partial charge in [-0.3, -0.25) is 10.1 Å². The van der Waals surface area contributed by atoms with Crippen molar-refractivity contribution in [2.45, 2.75) is 18.5 Å². The number of ether oxygens (including phenoxy) is 2. The standard InChI is InChI=1S/C28H27N5O3/c1-35-22-13-8-19(9-14-22)10-17-26(34)30-27-31-28-29-24(20-11-15-23(36-2)16-12-20)18-25(33(28)32-27)21-6-4-3-5-7-21/h3-17,24-25H,18H2,1-2H3,(H2,29,30,31,32,34)/b17-10+/t24-,25-/m0/s1. The first-order chi connectivity index (χ1) is 17.6. The zero-order valence-electron chi connectivity index (χ0n) is 20.1. The van der Waals surface area contributed by atoms with Crippen molar-refractivity contribution < 1.29 is 14.3 Å². The Hall–Kier alpha value is -4.59. The average molecular weight is 482 g/mol. The Morgan fingerprint density at radius 1 is 0.944 bits per heavy atom. The fourth-order valence-corrected chi connectivity index (χ4v) is 4.28. The van der Waals surface area contributed by atoms with Crippen LogP contribution in [-0.2, 0) is 4.79 Å². The number of hydrogen-bond acceptors (Lipinski definition) is 6. The van der Waals surface area contributed by atoms with Gasteiger partial charge in [0.05, 0.1) is 26.3 Å². The smallest absolute Gasteiger partial charge is 0.250 e. The zero-order chi connectivity index (χ0) is 24.9. The van der Waals surface area contributed by atoms with E-state index in [0.29, 0.717) is 5.95 Å². The summed E-state index contributed by atoms with van der Waals surface area (Å²) in [7, 11) is 3.27. The summed E-state index contributed by atoms with van der Waals surface area (Å²) in [5, 5.41) is 10.9. The number of carbonyl (C=O) groups excluding carboxylic acids is 1. The number of methoxy groups -OCH3 is 2. The van der Waals surface area contributed by atoms with Gasteiger partial charge in [0, 0.05) is 6.08 Å². The van der Waals surface area contributed by atoms with Gasteiger partial charge in [0.25, 0.3) is 11.9 Å². The van der Waals surface area contributed by atoms with Crippen LogP contribution >= 0.6 is 0 Å². The van der Waals surface area contributed by atoms with Crippen LogP contribution in [0, 0.1) is 0 Å². The van der Waals surface area contributed by atoms with Crippen LogP contribution in [0.3, 0.4) is 0 Å². The van der Waals surface area contributed by atoms with Crippen LogP contribution in [0.5, 0.6) is 11.5 Å². The van der Waals surface area contributed by atoms with E-state index in [1.54, 1.807) is 20.3 Å². The van der Waals surface area contributed by atoms with E-state index in [9.17, 15) is 4.79 Å². The van der Waals surface area contributed by atoms with E-state index in [2.05, 4.69) is 45.0 Å². The number of rotatable bonds is 7. The van der Waals surface area contributed by atoms with Gasteiger partial charge in [-0.25, -0.2) is 4.68 Å². The first-order valence-electron chi connectivity index (χ1n) is 11.7. The molecule has 8 heteroatoms. The summed E-state index contributed by atoms with van der Waals surface area (Å²) in [6, 6.07) is 25.6. The number of aromatic nitrogens is 3. The fourth-order valence-electron chi connectivity index (χ4n) is 4.28. The van der Waals surface area contributed by atoms with Crippen molar-refractivity contribution in [2.24, 2.45) is 0 Å². The molecule has 4 aromatic rings. The van der Waals surface area contributed by atoms with E-state index >= 15 is 0 Å². The van der Waals surface area contributed by atoms with Crippen LogP contribution in [0.2, 0.25) is 0 Å². The first kappa shape index (κ1) is 23.2. The minimum absolute atomic E-state index is 0.0244. The molecule has 0 bridgehead atoms. The van der Waals surface area contributed by atoms with Crippen LogP contribution in [-0.4, -0.2) is 34.9 Å². The average Bonchev–Trinajstić information content (AvgIpc) is 3.34. The summed E-state index contributed by atoms with van der Waals surface area (Å²) in [5.74, 6) is 2.11. The lowest BCUT2D eigenvalue weighted by Gasteiger charge is -2.31. The van der Waals surface area contributed by atoms with Gasteiger partial charge < -0.3 is 14.8 Å². The lowest BCUT2D eigenvalue weighted by molar-refractivity contribution is -0.111. The molecule has 1 aromatic heterocycles. The van der Waals surface area contributed by atoms with Gasteiger partial charge in [-0.15, -0.1) is 5.10 Å². The zero-order valence-corrected chi connectivity index (χ0v) is 20.1. The number of nitrogens with zero attached hydrogens (tertiary/aromatic N) is 3. The summed E-state index contributed by atoms with van der Waals surface area (Å²) in [5.41, 5.74) is 3.14. The number of carbonyl (C=O) groups is 1. The summed E-state index contributed by atoms with van der Waals surface area (Å²) in [4.78, 5) is 17.2. The van der Waals surface area contributed by atoms with Crippen LogP contribution in [0.25, 0.3) is 6.08 Å². The van der Waals surface area contributed by atoms with Gasteiger partial charge in [-0.05, 0) is 53.5 Å². The Bertz CT molecular complexity index is 1350. The third-order valence-electron chi connectivity index (χ3n) is 6.17. The Morgan fingerprint density at radius 2 is 1.61 bits per heavy atom. The molecule has 0 radical (unpaired) electrons. The molecule has 0 unspecified atom stereocenters. The highest BCUT2D eigenvalue weighted by Crippen LogP contribution is 2.38. The molecule has 1 amide bonds. The van der Waals surface area contributed by atoms with Crippen molar-refractivity contribution in [1.82, 2.24) is 14.8 Å². The van der Waals surface area contributed by atoms with Crippen molar-refractivity contribution in [2.75, 3.05) is 24.9 Å². The third kappa shape index (κ3) is 5.07. The monoisotopic (exact) mass is 481 g/mol. The molecule has 3 aromatic carbocycles. The van der Waals surface area contributed by atoms with Crippen LogP contribution in [0.4, 0.5) is 11.9 Å². The largest absolute Gasteiger partial charge is 0.497 e. The van der Waals surface area contributed by atoms with Crippen LogP contribution in [0.1, 0.15) is 35.2 Å². The summed E-state index contributed by atoms with van der Waals surface area (Å²) in [6.07, 6.45) is 3.97. The minimum atomic E-state index is -0.309. The second kappa shape index (κ2) is 10.4. The van der Waals surface area contributed by atoms with Gasteiger partial charge in [0.15, 0.2) is 0 Å². The molecule has 36 heavy (non-hydrogen) atoms. The molecular weight excluding hydrogens is 454 g/mol. The second-order valence-corrected chi connectivity index (χ2v) is 8.43. The number of fused-ring (bicyclic) bond motifs is 1. The Morgan fingerprint density at radius 3 is 2.28 bits per heavy atom. The number of hydrogen-bond donors (Lipinski definition) is 2. The molecule has 0 spiro atoms. The van der Waals surface area contributed by atoms with E-state index < -0.39 is 0 Å². The molecule has 1 aliphatic rings. The molecule has 0 saturated heterocycles. The van der Waals surface area contributed by atoms with Crippen molar-refractivity contribution in [3.63, 3.8) is 0 Å². The van der Waals surface area contributed by atoms with Crippen molar-refractivity contribution in [1.29, 1.82) is 0 Å². The highest BCUT2D eigenvalue weighted by molar-refractivity contribution is 6.00. The summed E-state index contributed by atoms with van der Waals surface area (Å²) >= 11 is 0. The maximum absolute atomic E-state index is 12.6. The number of amides is 1. The van der Waals surface area contributed by atoms with Gasteiger partial charge in [0.2, 0.25) is 5.95 Å². The van der Waals surface area contributed by atoms with Crippen LogP contribution < -0.4 is 20.1 Å². The second-order valence-electron chi connectivity index (χ2n) is 8.43. The van der Waals surface area contributed by atoms with Gasteiger partial charge in [-0.1, -0.05) is 54.6 Å². The minimum Gasteiger partial charge on any atom is -0.497 e. The quantitative estimate of drug-likeness (QED) is 0.357. The molecule has 0 saturated carbocycles. The Balaban J connectivity index is 1.37. The molecule has 1 aliphatic heterocycles. The van der Waals surface area contributed by atoms with E-state index in [1.165, 1.54) is 6.08 Å². The van der Waals surface area contributed by atoms with Crippen molar-refractivity contribution >= 4 is 23.9 Å². The van der Waals surface area contributed by atoms with E-state index in [4.69, 9.17) is 9.47 Å². The molecule has 182 valence electrons. The highest BCUT2D eigenvalue weighted by Gasteiger charge is 2.31. The molecule has 5 rings (SSSR count). The predicted molar refractivity (Wildman–Crippen MR) is 139 cm³/mol. The molecule has 0 aliphatic carbocycles. The SMILES string of the molecule is COc1ccc(/C=C/C(=O)Nc2nc3n(n2)[C@H](c2ccccc2)C[C@@H](c2ccc(OC)cc2)N3)cc1. The Kier molecular flexibility index (Phi) is 6.66. The van der Waals surface area contributed by atoms with E-state index in [0.717, 1.165) is 34.6 Å². The molecule has 2 atom stereocenters. The molecular formula is C28H27N5O3. The lowest BCUT2D eigenvalue weighted by Crippen LogP contribution is -2.28. The first-order valence-corrected chi connectivity index (χ1v) is 11.7. The fraction of sp³-hybridized carbons (Fsp3) is 0.179. The maximum atomic E-state index is 12.6. The number of benzene rings is 3. The number of nitrogens with one attached hydrogen (secondary N) is 2. The topological polar surface area (TPSA) is 90.3 Å². The molecule has 2 N–H and O–H groups in total. The van der Waals surface area contributed by atoms with Gasteiger partial charge in [-0.2, -0.15) is 4.98 Å². The molecule has 2 heterocycles. The summed E-state index contributed by atoms with van der Waals surface area (Å²) < 4.78 is 12.3. The predicted octanol–water partition coefficient (Wildman–Crippen LogP) is 5.09. The summed E-state index contributed by atoms with van der Waals surface area (Å²) in [6.45, 7) is 0. The van der Waals surface area contributed by atoms with E-state index in [1.807, 2.05) is 59.3 Å². The third-order valence-corrected chi connectivity index (χ3v) is 6.17. The maximum Gasteiger partial charge on any atom is 0.250 e. The van der Waals surface area contributed by atoms with E-state index in [-0.39, 0.29) is 23.9 Å². The van der Waals surface area contributed by atoms with Crippen LogP contribution in [0.15, 0.2) is 84.9 Å². The normalized spacial score (nSPS) is 16.7. The Labute approximate surface area is 209 Å². The van der Waals surface area contributed by atoms with Crippen molar-refractivity contribution in [3.8, 4) is 11.5 Å². The number of anilines is 2. The van der Waals surface area contributed by atoms with Gasteiger partial charge in [0.1, 0.15) is 11.5 Å². The van der Waals surface area contributed by atoms with Gasteiger partial charge >= 0.3 is 0 Å².